The first-order chi connectivity index (χ1) is 11.5. The third-order valence-corrected chi connectivity index (χ3v) is 5.21. The van der Waals surface area contributed by atoms with E-state index in [2.05, 4.69) is 79.5 Å². The molecule has 24 heavy (non-hydrogen) atoms. The van der Waals surface area contributed by atoms with Crippen LogP contribution < -0.4 is 5.32 Å². The van der Waals surface area contributed by atoms with Gasteiger partial charge in [-0.15, -0.1) is 0 Å². The maximum atomic E-state index is 5.79. The van der Waals surface area contributed by atoms with Crippen LogP contribution in [0.4, 0.5) is 5.69 Å². The molecule has 0 aliphatic heterocycles. The lowest BCUT2D eigenvalue weighted by Crippen LogP contribution is -2.42. The van der Waals surface area contributed by atoms with E-state index in [1.165, 1.54) is 29.5 Å². The van der Waals surface area contributed by atoms with Crippen LogP contribution in [0.3, 0.4) is 0 Å². The van der Waals surface area contributed by atoms with E-state index >= 15 is 0 Å². The number of aryl methyl sites for hydroxylation is 2. The molecule has 0 radical (unpaired) electrons. The Morgan fingerprint density at radius 2 is 1.88 bits per heavy atom. The van der Waals surface area contributed by atoms with Crippen molar-refractivity contribution in [3.8, 4) is 0 Å². The maximum absolute atomic E-state index is 5.79. The van der Waals surface area contributed by atoms with Gasteiger partial charge in [0.1, 0.15) is 0 Å². The predicted molar refractivity (Wildman–Crippen MR) is 106 cm³/mol. The van der Waals surface area contributed by atoms with E-state index in [4.69, 9.17) is 12.2 Å². The standard InChI is InChI=1S/C21H26N2S/c1-15-9-12-20(16(2)13-15)22-21(24)23(17(3)19-10-11-19)14-18-7-5-4-6-8-18/h4-9,12-13,17,19H,10-11,14H2,1-3H3,(H,22,24)/t17-/m1/s1. The number of thiocarbonyl (C=S) groups is 1. The summed E-state index contributed by atoms with van der Waals surface area (Å²) in [4.78, 5) is 2.35. The molecular formula is C21H26N2S. The first-order valence-electron chi connectivity index (χ1n) is 8.73. The minimum atomic E-state index is 0.468. The maximum Gasteiger partial charge on any atom is 0.173 e. The molecule has 0 bridgehead atoms. The number of benzene rings is 2. The lowest BCUT2D eigenvalue weighted by Gasteiger charge is -2.32. The monoisotopic (exact) mass is 338 g/mol. The minimum Gasteiger partial charge on any atom is -0.342 e. The first-order valence-corrected chi connectivity index (χ1v) is 9.14. The molecule has 0 spiro atoms. The van der Waals surface area contributed by atoms with Gasteiger partial charge in [0, 0.05) is 18.3 Å². The number of nitrogens with one attached hydrogen (secondary N) is 1. The Balaban J connectivity index is 1.77. The molecule has 2 aromatic rings. The first kappa shape index (κ1) is 17.0. The van der Waals surface area contributed by atoms with E-state index in [-0.39, 0.29) is 0 Å². The Bertz CT molecular complexity index is 707. The van der Waals surface area contributed by atoms with Crippen molar-refractivity contribution < 1.29 is 0 Å². The Morgan fingerprint density at radius 3 is 2.50 bits per heavy atom. The van der Waals surface area contributed by atoms with Crippen LogP contribution in [0.5, 0.6) is 0 Å². The smallest absolute Gasteiger partial charge is 0.173 e. The van der Waals surface area contributed by atoms with E-state index in [1.54, 1.807) is 0 Å². The predicted octanol–water partition coefficient (Wildman–Crippen LogP) is 5.30. The van der Waals surface area contributed by atoms with E-state index in [1.807, 2.05) is 0 Å². The second kappa shape index (κ2) is 7.35. The fourth-order valence-electron chi connectivity index (χ4n) is 3.15. The molecule has 1 saturated carbocycles. The van der Waals surface area contributed by atoms with E-state index < -0.39 is 0 Å². The van der Waals surface area contributed by atoms with Crippen LogP contribution >= 0.6 is 12.2 Å². The van der Waals surface area contributed by atoms with E-state index in [0.29, 0.717) is 6.04 Å². The molecule has 2 aromatic carbocycles. The van der Waals surface area contributed by atoms with Gasteiger partial charge in [0.05, 0.1) is 0 Å². The van der Waals surface area contributed by atoms with Crippen molar-refractivity contribution in [2.75, 3.05) is 5.32 Å². The van der Waals surface area contributed by atoms with Crippen molar-refractivity contribution in [3.05, 3.63) is 65.2 Å². The molecule has 1 atom stereocenters. The van der Waals surface area contributed by atoms with Crippen molar-refractivity contribution in [3.63, 3.8) is 0 Å². The Hall–Kier alpha value is -1.87. The molecule has 1 aliphatic carbocycles. The third kappa shape index (κ3) is 4.15. The topological polar surface area (TPSA) is 15.3 Å². The summed E-state index contributed by atoms with van der Waals surface area (Å²) in [5.41, 5.74) is 4.91. The number of rotatable bonds is 5. The molecule has 2 nitrogen and oxygen atoms in total. The Morgan fingerprint density at radius 1 is 1.17 bits per heavy atom. The molecular weight excluding hydrogens is 312 g/mol. The van der Waals surface area contributed by atoms with Crippen LogP contribution in [0.15, 0.2) is 48.5 Å². The zero-order valence-electron chi connectivity index (χ0n) is 14.8. The quantitative estimate of drug-likeness (QED) is 0.745. The van der Waals surface area contributed by atoms with Gasteiger partial charge in [-0.05, 0) is 68.9 Å². The van der Waals surface area contributed by atoms with Crippen molar-refractivity contribution in [2.45, 2.75) is 46.2 Å². The second-order valence-electron chi connectivity index (χ2n) is 6.94. The Labute approximate surface area is 150 Å². The van der Waals surface area contributed by atoms with Crippen molar-refractivity contribution in [2.24, 2.45) is 5.92 Å². The summed E-state index contributed by atoms with van der Waals surface area (Å²) >= 11 is 5.79. The summed E-state index contributed by atoms with van der Waals surface area (Å²) in [5, 5.41) is 4.30. The lowest BCUT2D eigenvalue weighted by molar-refractivity contribution is 0.298. The average molecular weight is 339 g/mol. The summed E-state index contributed by atoms with van der Waals surface area (Å²) in [5.74, 6) is 0.771. The molecule has 1 aliphatic rings. The highest BCUT2D eigenvalue weighted by atomic mass is 32.1. The number of anilines is 1. The van der Waals surface area contributed by atoms with Crippen molar-refractivity contribution in [1.29, 1.82) is 0 Å². The fourth-order valence-corrected chi connectivity index (χ4v) is 3.50. The van der Waals surface area contributed by atoms with Gasteiger partial charge < -0.3 is 10.2 Å². The largest absolute Gasteiger partial charge is 0.342 e. The molecule has 0 heterocycles. The third-order valence-electron chi connectivity index (χ3n) is 4.88. The van der Waals surface area contributed by atoms with E-state index in [0.717, 1.165) is 23.3 Å². The van der Waals surface area contributed by atoms with Crippen molar-refractivity contribution in [1.82, 2.24) is 4.90 Å². The molecule has 1 N–H and O–H groups in total. The summed E-state index contributed by atoms with van der Waals surface area (Å²) in [6, 6.07) is 17.5. The van der Waals surface area contributed by atoms with Gasteiger partial charge in [-0.2, -0.15) is 0 Å². The molecule has 126 valence electrons. The lowest BCUT2D eigenvalue weighted by atomic mass is 10.1. The van der Waals surface area contributed by atoms with Gasteiger partial charge in [0.2, 0.25) is 0 Å². The zero-order valence-corrected chi connectivity index (χ0v) is 15.6. The second-order valence-corrected chi connectivity index (χ2v) is 7.33. The zero-order chi connectivity index (χ0) is 17.1. The summed E-state index contributed by atoms with van der Waals surface area (Å²) in [7, 11) is 0. The summed E-state index contributed by atoms with van der Waals surface area (Å²) in [6.07, 6.45) is 2.64. The number of hydrogen-bond acceptors (Lipinski definition) is 1. The molecule has 1 fully saturated rings. The molecule has 0 amide bonds. The van der Waals surface area contributed by atoms with Gasteiger partial charge in [0.25, 0.3) is 0 Å². The van der Waals surface area contributed by atoms with Crippen LogP contribution in [-0.4, -0.2) is 16.1 Å². The summed E-state index contributed by atoms with van der Waals surface area (Å²) in [6.45, 7) is 7.40. The molecule has 3 rings (SSSR count). The SMILES string of the molecule is Cc1ccc(NC(=S)N(Cc2ccccc2)[C@H](C)C2CC2)c(C)c1. The highest BCUT2D eigenvalue weighted by Gasteiger charge is 2.33. The Kier molecular flexibility index (Phi) is 5.20. The van der Waals surface area contributed by atoms with Crippen LogP contribution in [-0.2, 0) is 6.54 Å². The van der Waals surface area contributed by atoms with Crippen LogP contribution in [0.2, 0.25) is 0 Å². The van der Waals surface area contributed by atoms with Crippen molar-refractivity contribution >= 4 is 23.0 Å². The van der Waals surface area contributed by atoms with Gasteiger partial charge in [-0.25, -0.2) is 0 Å². The fraction of sp³-hybridized carbons (Fsp3) is 0.381. The van der Waals surface area contributed by atoms with Gasteiger partial charge >= 0.3 is 0 Å². The van der Waals surface area contributed by atoms with E-state index in [9.17, 15) is 0 Å². The average Bonchev–Trinajstić information content (AvgIpc) is 3.40. The van der Waals surface area contributed by atoms with Gasteiger partial charge in [0.15, 0.2) is 5.11 Å². The molecule has 0 unspecified atom stereocenters. The highest BCUT2D eigenvalue weighted by molar-refractivity contribution is 7.80. The molecule has 3 heteroatoms. The number of nitrogens with zero attached hydrogens (tertiary/aromatic N) is 1. The highest BCUT2D eigenvalue weighted by Crippen LogP contribution is 2.36. The van der Waals surface area contributed by atoms with Gasteiger partial charge in [-0.3, -0.25) is 0 Å². The van der Waals surface area contributed by atoms with Crippen LogP contribution in [0.1, 0.15) is 36.5 Å². The minimum absolute atomic E-state index is 0.468. The normalized spacial score (nSPS) is 15.0. The summed E-state index contributed by atoms with van der Waals surface area (Å²) < 4.78 is 0. The van der Waals surface area contributed by atoms with Crippen LogP contribution in [0, 0.1) is 19.8 Å². The molecule has 0 saturated heterocycles. The van der Waals surface area contributed by atoms with Crippen LogP contribution in [0.25, 0.3) is 0 Å². The number of hydrogen-bond donors (Lipinski definition) is 1. The van der Waals surface area contributed by atoms with Gasteiger partial charge in [-0.1, -0.05) is 48.0 Å². The molecule has 0 aromatic heterocycles.